The largest absolute Gasteiger partial charge is 0.317 e. The smallest absolute Gasteiger partial charge is 0.243 e. The summed E-state index contributed by atoms with van der Waals surface area (Å²) in [6.07, 6.45) is 2.50. The fraction of sp³-hybridized carbons (Fsp3) is 0.571. The molecule has 1 aliphatic heterocycles. The third-order valence-electron chi connectivity index (χ3n) is 3.66. The summed E-state index contributed by atoms with van der Waals surface area (Å²) in [6.45, 7) is 4.27. The predicted molar refractivity (Wildman–Crippen MR) is 89.2 cm³/mol. The van der Waals surface area contributed by atoms with E-state index in [9.17, 15) is 8.42 Å². The third-order valence-corrected chi connectivity index (χ3v) is 6.84. The van der Waals surface area contributed by atoms with E-state index in [1.54, 1.807) is 16.4 Å². The molecule has 1 aliphatic rings. The van der Waals surface area contributed by atoms with E-state index in [1.165, 1.54) is 6.07 Å². The first-order valence-corrected chi connectivity index (χ1v) is 9.75. The fourth-order valence-corrected chi connectivity index (χ4v) is 4.88. The van der Waals surface area contributed by atoms with Crippen molar-refractivity contribution < 1.29 is 8.42 Å². The molecule has 1 heterocycles. The molecule has 1 aromatic rings. The summed E-state index contributed by atoms with van der Waals surface area (Å²) in [5.74, 6) is 0. The molecule has 0 unspecified atom stereocenters. The van der Waals surface area contributed by atoms with Gasteiger partial charge < -0.3 is 5.32 Å². The Bertz CT molecular complexity index is 589. The number of rotatable bonds is 5. The van der Waals surface area contributed by atoms with Gasteiger partial charge in [-0.25, -0.2) is 8.42 Å². The molecule has 21 heavy (non-hydrogen) atoms. The van der Waals surface area contributed by atoms with Crippen molar-refractivity contribution in [2.45, 2.75) is 37.1 Å². The van der Waals surface area contributed by atoms with Gasteiger partial charge in [0.15, 0.2) is 0 Å². The quantitative estimate of drug-likeness (QED) is 0.832. The van der Waals surface area contributed by atoms with E-state index in [-0.39, 0.29) is 10.9 Å². The highest BCUT2D eigenvalue weighted by atomic mass is 79.9. The van der Waals surface area contributed by atoms with Crippen LogP contribution in [0.1, 0.15) is 26.2 Å². The Morgan fingerprint density at radius 3 is 2.62 bits per heavy atom. The van der Waals surface area contributed by atoms with Gasteiger partial charge in [0.05, 0.1) is 9.92 Å². The van der Waals surface area contributed by atoms with Crippen molar-refractivity contribution in [3.8, 4) is 0 Å². The molecule has 1 N–H and O–H groups in total. The van der Waals surface area contributed by atoms with Gasteiger partial charge >= 0.3 is 0 Å². The maximum absolute atomic E-state index is 12.9. The van der Waals surface area contributed by atoms with E-state index in [2.05, 4.69) is 21.2 Å². The second-order valence-electron chi connectivity index (χ2n) is 5.17. The standard InChI is InChI=1S/C14H20BrClN2O2S/c1-2-9-18(11-5-7-17-8-6-11)21(19,20)12-3-4-13(15)14(16)10-12/h3-4,10-11,17H,2,5-9H2,1H3. The first kappa shape index (κ1) is 17.2. The van der Waals surface area contributed by atoms with Crippen LogP contribution in [0.2, 0.25) is 5.02 Å². The zero-order chi connectivity index (χ0) is 15.5. The number of hydrogen-bond donors (Lipinski definition) is 1. The van der Waals surface area contributed by atoms with Crippen molar-refractivity contribution in [3.63, 3.8) is 0 Å². The van der Waals surface area contributed by atoms with Crippen molar-refractivity contribution in [2.24, 2.45) is 0 Å². The molecule has 0 bridgehead atoms. The molecule has 0 radical (unpaired) electrons. The number of benzene rings is 1. The van der Waals surface area contributed by atoms with Gasteiger partial charge in [-0.3, -0.25) is 0 Å². The van der Waals surface area contributed by atoms with Crippen LogP contribution in [0, 0.1) is 0 Å². The van der Waals surface area contributed by atoms with Crippen LogP contribution in [-0.4, -0.2) is 38.4 Å². The minimum atomic E-state index is -3.50. The molecular formula is C14H20BrClN2O2S. The van der Waals surface area contributed by atoms with Crippen LogP contribution in [-0.2, 0) is 10.0 Å². The molecule has 1 fully saturated rings. The lowest BCUT2D eigenvalue weighted by atomic mass is 10.1. The lowest BCUT2D eigenvalue weighted by molar-refractivity contribution is 0.262. The Hall–Kier alpha value is -0.140. The first-order valence-electron chi connectivity index (χ1n) is 7.14. The second kappa shape index (κ2) is 7.42. The molecule has 1 saturated heterocycles. The number of piperidine rings is 1. The van der Waals surface area contributed by atoms with Crippen LogP contribution in [0.3, 0.4) is 0 Å². The fourth-order valence-electron chi connectivity index (χ4n) is 2.59. The Balaban J connectivity index is 2.34. The molecule has 4 nitrogen and oxygen atoms in total. The average Bonchev–Trinajstić information content (AvgIpc) is 2.48. The molecule has 0 aliphatic carbocycles. The van der Waals surface area contributed by atoms with Gasteiger partial charge in [-0.1, -0.05) is 18.5 Å². The zero-order valence-corrected chi connectivity index (χ0v) is 15.1. The monoisotopic (exact) mass is 394 g/mol. The van der Waals surface area contributed by atoms with Crippen molar-refractivity contribution in [2.75, 3.05) is 19.6 Å². The highest BCUT2D eigenvalue weighted by Gasteiger charge is 2.31. The van der Waals surface area contributed by atoms with Crippen LogP contribution in [0.15, 0.2) is 27.6 Å². The first-order chi connectivity index (χ1) is 9.96. The van der Waals surface area contributed by atoms with Crippen molar-refractivity contribution >= 4 is 37.6 Å². The Labute approximate surface area is 140 Å². The van der Waals surface area contributed by atoms with Crippen LogP contribution in [0.25, 0.3) is 0 Å². The van der Waals surface area contributed by atoms with Gasteiger partial charge in [0, 0.05) is 17.1 Å². The Morgan fingerprint density at radius 1 is 1.38 bits per heavy atom. The predicted octanol–water partition coefficient (Wildman–Crippen LogP) is 3.26. The van der Waals surface area contributed by atoms with Crippen LogP contribution in [0.4, 0.5) is 0 Å². The number of nitrogens with zero attached hydrogens (tertiary/aromatic N) is 1. The Kier molecular flexibility index (Phi) is 6.08. The van der Waals surface area contributed by atoms with Gasteiger partial charge in [-0.2, -0.15) is 4.31 Å². The van der Waals surface area contributed by atoms with Gasteiger partial charge in [-0.05, 0) is 66.5 Å². The lowest BCUT2D eigenvalue weighted by Gasteiger charge is -2.33. The number of nitrogens with one attached hydrogen (secondary N) is 1. The average molecular weight is 396 g/mol. The van der Waals surface area contributed by atoms with Gasteiger partial charge in [0.2, 0.25) is 10.0 Å². The summed E-state index contributed by atoms with van der Waals surface area (Å²) in [4.78, 5) is 0.266. The topological polar surface area (TPSA) is 49.4 Å². The van der Waals surface area contributed by atoms with Crippen molar-refractivity contribution in [1.82, 2.24) is 9.62 Å². The zero-order valence-electron chi connectivity index (χ0n) is 12.0. The lowest BCUT2D eigenvalue weighted by Crippen LogP contribution is -2.46. The summed E-state index contributed by atoms with van der Waals surface area (Å²) >= 11 is 9.34. The van der Waals surface area contributed by atoms with Crippen LogP contribution >= 0.6 is 27.5 Å². The summed E-state index contributed by atoms with van der Waals surface area (Å²) in [5, 5.41) is 3.69. The second-order valence-corrected chi connectivity index (χ2v) is 8.32. The third kappa shape index (κ3) is 3.99. The highest BCUT2D eigenvalue weighted by molar-refractivity contribution is 9.10. The van der Waals surface area contributed by atoms with Gasteiger partial charge in [-0.15, -0.1) is 0 Å². The van der Waals surface area contributed by atoms with E-state index < -0.39 is 10.0 Å². The molecule has 0 spiro atoms. The number of hydrogen-bond acceptors (Lipinski definition) is 3. The van der Waals surface area contributed by atoms with Crippen molar-refractivity contribution in [1.29, 1.82) is 0 Å². The number of sulfonamides is 1. The minimum absolute atomic E-state index is 0.0682. The van der Waals surface area contributed by atoms with E-state index >= 15 is 0 Å². The van der Waals surface area contributed by atoms with E-state index in [0.29, 0.717) is 16.0 Å². The minimum Gasteiger partial charge on any atom is -0.317 e. The van der Waals surface area contributed by atoms with Gasteiger partial charge in [0.25, 0.3) is 0 Å². The van der Waals surface area contributed by atoms with Gasteiger partial charge in [0.1, 0.15) is 0 Å². The summed E-state index contributed by atoms with van der Waals surface area (Å²) in [7, 11) is -3.50. The molecule has 7 heteroatoms. The molecule has 1 aromatic carbocycles. The Morgan fingerprint density at radius 2 is 2.05 bits per heavy atom. The van der Waals surface area contributed by atoms with E-state index in [4.69, 9.17) is 11.6 Å². The molecule has 0 saturated carbocycles. The highest BCUT2D eigenvalue weighted by Crippen LogP contribution is 2.29. The molecule has 0 aromatic heterocycles. The molecule has 118 valence electrons. The molecule has 0 amide bonds. The molecule has 0 atom stereocenters. The maximum Gasteiger partial charge on any atom is 0.243 e. The summed E-state index contributed by atoms with van der Waals surface area (Å²) < 4.78 is 28.2. The summed E-state index contributed by atoms with van der Waals surface area (Å²) in [5.41, 5.74) is 0. The molecular weight excluding hydrogens is 376 g/mol. The van der Waals surface area contributed by atoms with Crippen LogP contribution in [0.5, 0.6) is 0 Å². The van der Waals surface area contributed by atoms with E-state index in [0.717, 1.165) is 32.4 Å². The molecule has 2 rings (SSSR count). The number of halogens is 2. The summed E-state index contributed by atoms with van der Waals surface area (Å²) in [6, 6.07) is 4.88. The van der Waals surface area contributed by atoms with E-state index in [1.807, 2.05) is 6.92 Å². The van der Waals surface area contributed by atoms with Crippen LogP contribution < -0.4 is 5.32 Å². The normalized spacial score (nSPS) is 17.3. The maximum atomic E-state index is 12.9. The SMILES string of the molecule is CCCN(C1CCNCC1)S(=O)(=O)c1ccc(Br)c(Cl)c1. The van der Waals surface area contributed by atoms with Crippen molar-refractivity contribution in [3.05, 3.63) is 27.7 Å².